The number of carbonyl (C=O) groups excluding carboxylic acids is 2. The molecule has 0 aromatic carbocycles. The summed E-state index contributed by atoms with van der Waals surface area (Å²) in [6.45, 7) is 3.61. The molecule has 21 heavy (non-hydrogen) atoms. The lowest BCUT2D eigenvalue weighted by Crippen LogP contribution is -2.56. The molecule has 3 atom stereocenters. The number of esters is 1. The van der Waals surface area contributed by atoms with Crippen LogP contribution in [-0.2, 0) is 14.3 Å². The molecule has 3 unspecified atom stereocenters. The van der Waals surface area contributed by atoms with Crippen LogP contribution in [0.3, 0.4) is 0 Å². The molecule has 3 N–H and O–H groups in total. The summed E-state index contributed by atoms with van der Waals surface area (Å²) in [7, 11) is 1.35. The topological polar surface area (TPSA) is 81.4 Å². The molecular formula is C16H28N2O3. The molecule has 1 amide bonds. The van der Waals surface area contributed by atoms with Gasteiger partial charge in [0.2, 0.25) is 5.91 Å². The van der Waals surface area contributed by atoms with Gasteiger partial charge in [-0.3, -0.25) is 4.79 Å². The van der Waals surface area contributed by atoms with Gasteiger partial charge in [0, 0.05) is 12.0 Å². The summed E-state index contributed by atoms with van der Waals surface area (Å²) in [5, 5.41) is 2.91. The maximum Gasteiger partial charge on any atom is 0.331 e. The van der Waals surface area contributed by atoms with E-state index in [0.29, 0.717) is 18.3 Å². The van der Waals surface area contributed by atoms with E-state index in [1.807, 2.05) is 6.92 Å². The number of carbonyl (C=O) groups is 2. The minimum atomic E-state index is -0.930. The van der Waals surface area contributed by atoms with Crippen molar-refractivity contribution >= 4 is 11.9 Å². The SMILES string of the molecule is CCC(C)(NC(=O)C1CC2CCCC(C1)C2N)C(=O)OC. The molecule has 5 nitrogen and oxygen atoms in total. The highest BCUT2D eigenvalue weighted by Crippen LogP contribution is 2.42. The van der Waals surface area contributed by atoms with E-state index in [9.17, 15) is 9.59 Å². The summed E-state index contributed by atoms with van der Waals surface area (Å²) in [6, 6.07) is 0.251. The molecule has 2 aliphatic carbocycles. The Labute approximate surface area is 127 Å². The van der Waals surface area contributed by atoms with Gasteiger partial charge in [-0.1, -0.05) is 13.3 Å². The van der Waals surface area contributed by atoms with Crippen LogP contribution in [0.1, 0.15) is 52.4 Å². The highest BCUT2D eigenvalue weighted by atomic mass is 16.5. The first-order valence-corrected chi connectivity index (χ1v) is 8.07. The van der Waals surface area contributed by atoms with E-state index in [1.54, 1.807) is 6.92 Å². The molecule has 0 aromatic rings. The molecule has 5 heteroatoms. The van der Waals surface area contributed by atoms with Crippen LogP contribution < -0.4 is 11.1 Å². The van der Waals surface area contributed by atoms with Crippen LogP contribution in [0.4, 0.5) is 0 Å². The van der Waals surface area contributed by atoms with Gasteiger partial charge in [0.25, 0.3) is 0 Å². The number of nitrogens with one attached hydrogen (secondary N) is 1. The maximum atomic E-state index is 12.6. The Morgan fingerprint density at radius 2 is 1.86 bits per heavy atom. The van der Waals surface area contributed by atoms with Gasteiger partial charge in [0.05, 0.1) is 7.11 Å². The molecule has 0 radical (unpaired) electrons. The zero-order valence-corrected chi connectivity index (χ0v) is 13.4. The van der Waals surface area contributed by atoms with Gasteiger partial charge in [-0.25, -0.2) is 4.79 Å². The molecule has 2 fully saturated rings. The largest absolute Gasteiger partial charge is 0.467 e. The van der Waals surface area contributed by atoms with Crippen LogP contribution >= 0.6 is 0 Å². The average molecular weight is 296 g/mol. The summed E-state index contributed by atoms with van der Waals surface area (Å²) in [5.74, 6) is 0.494. The van der Waals surface area contributed by atoms with Crippen LogP contribution in [0.5, 0.6) is 0 Å². The third kappa shape index (κ3) is 3.23. The normalized spacial score (nSPS) is 34.7. The van der Waals surface area contributed by atoms with E-state index < -0.39 is 5.54 Å². The molecule has 0 aromatic heterocycles. The fourth-order valence-electron chi connectivity index (χ4n) is 3.89. The van der Waals surface area contributed by atoms with Gasteiger partial charge >= 0.3 is 5.97 Å². The predicted molar refractivity (Wildman–Crippen MR) is 80.4 cm³/mol. The van der Waals surface area contributed by atoms with E-state index in [4.69, 9.17) is 10.5 Å². The van der Waals surface area contributed by atoms with Crippen LogP contribution in [0.2, 0.25) is 0 Å². The molecule has 2 bridgehead atoms. The highest BCUT2D eigenvalue weighted by Gasteiger charge is 2.43. The van der Waals surface area contributed by atoms with Crippen molar-refractivity contribution in [3.05, 3.63) is 0 Å². The third-order valence-electron chi connectivity index (χ3n) is 5.53. The van der Waals surface area contributed by atoms with Crippen molar-refractivity contribution in [3.8, 4) is 0 Å². The Morgan fingerprint density at radius 3 is 2.33 bits per heavy atom. The first-order chi connectivity index (χ1) is 9.91. The average Bonchev–Trinajstić information content (AvgIpc) is 2.45. The number of hydrogen-bond donors (Lipinski definition) is 2. The van der Waals surface area contributed by atoms with Crippen LogP contribution in [0.25, 0.3) is 0 Å². The van der Waals surface area contributed by atoms with E-state index in [-0.39, 0.29) is 23.8 Å². The Kier molecular flexibility index (Phi) is 4.91. The van der Waals surface area contributed by atoms with E-state index >= 15 is 0 Å². The van der Waals surface area contributed by atoms with Gasteiger partial charge in [-0.15, -0.1) is 0 Å². The number of amides is 1. The smallest absolute Gasteiger partial charge is 0.331 e. The summed E-state index contributed by atoms with van der Waals surface area (Å²) >= 11 is 0. The van der Waals surface area contributed by atoms with Crippen molar-refractivity contribution in [2.75, 3.05) is 7.11 Å². The Hall–Kier alpha value is -1.10. The predicted octanol–water partition coefficient (Wildman–Crippen LogP) is 1.60. The quantitative estimate of drug-likeness (QED) is 0.772. The van der Waals surface area contributed by atoms with Gasteiger partial charge in [0.1, 0.15) is 5.54 Å². The Bertz CT molecular complexity index is 398. The van der Waals surface area contributed by atoms with Gasteiger partial charge in [-0.05, 0) is 50.9 Å². The molecule has 2 saturated carbocycles. The molecule has 2 aliphatic rings. The van der Waals surface area contributed by atoms with E-state index in [1.165, 1.54) is 13.5 Å². The zero-order chi connectivity index (χ0) is 15.6. The molecule has 0 saturated heterocycles. The second-order valence-electron chi connectivity index (χ2n) is 6.86. The number of methoxy groups -OCH3 is 1. The highest BCUT2D eigenvalue weighted by molar-refractivity contribution is 5.88. The number of ether oxygens (including phenoxy) is 1. The molecule has 0 aliphatic heterocycles. The summed E-state index contributed by atoms with van der Waals surface area (Å²) in [6.07, 6.45) is 5.71. The monoisotopic (exact) mass is 296 g/mol. The van der Waals surface area contributed by atoms with Crippen LogP contribution in [0.15, 0.2) is 0 Å². The summed E-state index contributed by atoms with van der Waals surface area (Å²) in [4.78, 5) is 24.4. The maximum absolute atomic E-state index is 12.6. The van der Waals surface area contributed by atoms with Crippen LogP contribution in [0, 0.1) is 17.8 Å². The number of fused-ring (bicyclic) bond motifs is 2. The lowest BCUT2D eigenvalue weighted by atomic mass is 9.65. The van der Waals surface area contributed by atoms with Crippen molar-refractivity contribution in [1.29, 1.82) is 0 Å². The Morgan fingerprint density at radius 1 is 1.29 bits per heavy atom. The fraction of sp³-hybridized carbons (Fsp3) is 0.875. The summed E-state index contributed by atoms with van der Waals surface area (Å²) in [5.41, 5.74) is 5.33. The van der Waals surface area contributed by atoms with Crippen molar-refractivity contribution in [1.82, 2.24) is 5.32 Å². The van der Waals surface area contributed by atoms with Crippen molar-refractivity contribution in [3.63, 3.8) is 0 Å². The van der Waals surface area contributed by atoms with Crippen molar-refractivity contribution < 1.29 is 14.3 Å². The van der Waals surface area contributed by atoms with E-state index in [0.717, 1.165) is 25.7 Å². The minimum absolute atomic E-state index is 0.0179. The first-order valence-electron chi connectivity index (χ1n) is 8.07. The molecule has 2 rings (SSSR count). The lowest BCUT2D eigenvalue weighted by Gasteiger charge is -2.44. The third-order valence-corrected chi connectivity index (χ3v) is 5.53. The zero-order valence-electron chi connectivity index (χ0n) is 13.4. The molecular weight excluding hydrogens is 268 g/mol. The molecule has 0 heterocycles. The van der Waals surface area contributed by atoms with Gasteiger partial charge < -0.3 is 15.8 Å². The summed E-state index contributed by atoms with van der Waals surface area (Å²) < 4.78 is 4.81. The standard InChI is InChI=1S/C16H28N2O3/c1-4-16(2,15(20)21-3)18-14(19)12-8-10-6-5-7-11(9-12)13(10)17/h10-13H,4-9,17H2,1-3H3,(H,18,19). The Balaban J connectivity index is 2.02. The van der Waals surface area contributed by atoms with Gasteiger partial charge in [0.15, 0.2) is 0 Å². The van der Waals surface area contributed by atoms with E-state index in [2.05, 4.69) is 5.32 Å². The number of rotatable bonds is 4. The van der Waals surface area contributed by atoms with Gasteiger partial charge in [-0.2, -0.15) is 0 Å². The fourth-order valence-corrected chi connectivity index (χ4v) is 3.89. The molecule has 120 valence electrons. The second kappa shape index (κ2) is 6.34. The second-order valence-corrected chi connectivity index (χ2v) is 6.86. The lowest BCUT2D eigenvalue weighted by molar-refractivity contribution is -0.151. The number of hydrogen-bond acceptors (Lipinski definition) is 4. The van der Waals surface area contributed by atoms with Crippen molar-refractivity contribution in [2.45, 2.75) is 64.0 Å². The van der Waals surface area contributed by atoms with Crippen LogP contribution in [-0.4, -0.2) is 30.6 Å². The number of nitrogens with two attached hydrogens (primary N) is 1. The van der Waals surface area contributed by atoms with Crippen molar-refractivity contribution in [2.24, 2.45) is 23.5 Å². The first kappa shape index (κ1) is 16.3. The molecule has 0 spiro atoms. The minimum Gasteiger partial charge on any atom is -0.467 e.